The van der Waals surface area contributed by atoms with Gasteiger partial charge in [-0.3, -0.25) is 9.59 Å². The number of aliphatic hydroxyl groups excluding tert-OH is 1. The van der Waals surface area contributed by atoms with Crippen LogP contribution in [0.25, 0.3) is 0 Å². The number of benzene rings is 1. The molecule has 1 saturated heterocycles. The summed E-state index contributed by atoms with van der Waals surface area (Å²) in [6, 6.07) is 10.3. The zero-order chi connectivity index (χ0) is 16.2. The van der Waals surface area contributed by atoms with Crippen molar-refractivity contribution in [3.05, 3.63) is 54.0 Å². The average Bonchev–Trinajstić information content (AvgIpc) is 3.24. The zero-order valence-corrected chi connectivity index (χ0v) is 12.6. The first-order valence-electron chi connectivity index (χ1n) is 7.55. The molecule has 120 valence electrons. The van der Waals surface area contributed by atoms with Crippen molar-refractivity contribution in [2.75, 3.05) is 18.0 Å². The topological polar surface area (TPSA) is 82.8 Å². The number of nitrogens with one attached hydrogen (secondary N) is 1. The minimum atomic E-state index is -0.891. The van der Waals surface area contributed by atoms with Crippen molar-refractivity contribution in [3.63, 3.8) is 0 Å². The SMILES string of the molecule is O=C(NCC(O)c1ccco1)c1cccc(N2CCCC2=O)c1. The molecule has 0 radical (unpaired) electrons. The monoisotopic (exact) mass is 314 g/mol. The molecule has 23 heavy (non-hydrogen) atoms. The third-order valence-corrected chi connectivity index (χ3v) is 3.82. The molecular formula is C17H18N2O4. The highest BCUT2D eigenvalue weighted by atomic mass is 16.4. The standard InChI is InChI=1S/C17H18N2O4/c20-14(15-6-3-9-23-15)11-18-17(22)12-4-1-5-13(10-12)19-8-2-7-16(19)21/h1,3-6,9-10,14,20H,2,7-8,11H2,(H,18,22). The first-order chi connectivity index (χ1) is 11.1. The van der Waals surface area contributed by atoms with Gasteiger partial charge < -0.3 is 19.7 Å². The van der Waals surface area contributed by atoms with Gasteiger partial charge in [0.2, 0.25) is 5.91 Å². The Hall–Kier alpha value is -2.60. The van der Waals surface area contributed by atoms with Crippen molar-refractivity contribution in [2.45, 2.75) is 18.9 Å². The van der Waals surface area contributed by atoms with E-state index in [0.29, 0.717) is 24.3 Å². The second kappa shape index (κ2) is 6.66. The van der Waals surface area contributed by atoms with Crippen molar-refractivity contribution < 1.29 is 19.1 Å². The smallest absolute Gasteiger partial charge is 0.251 e. The number of anilines is 1. The van der Waals surface area contributed by atoms with Crippen LogP contribution in [0.4, 0.5) is 5.69 Å². The fourth-order valence-corrected chi connectivity index (χ4v) is 2.61. The van der Waals surface area contributed by atoms with Gasteiger partial charge in [-0.15, -0.1) is 0 Å². The van der Waals surface area contributed by atoms with Gasteiger partial charge >= 0.3 is 0 Å². The van der Waals surface area contributed by atoms with E-state index in [4.69, 9.17) is 4.42 Å². The molecule has 2 aromatic rings. The van der Waals surface area contributed by atoms with Crippen LogP contribution < -0.4 is 10.2 Å². The predicted molar refractivity (Wildman–Crippen MR) is 84.0 cm³/mol. The van der Waals surface area contributed by atoms with Crippen LogP contribution >= 0.6 is 0 Å². The molecular weight excluding hydrogens is 296 g/mol. The third kappa shape index (κ3) is 3.43. The van der Waals surface area contributed by atoms with E-state index in [9.17, 15) is 14.7 Å². The summed E-state index contributed by atoms with van der Waals surface area (Å²) in [6.07, 6.45) is 1.96. The average molecular weight is 314 g/mol. The molecule has 3 rings (SSSR count). The molecule has 6 heteroatoms. The van der Waals surface area contributed by atoms with Crippen LogP contribution in [0, 0.1) is 0 Å². The first kappa shape index (κ1) is 15.3. The number of nitrogens with zero attached hydrogens (tertiary/aromatic N) is 1. The highest BCUT2D eigenvalue weighted by Crippen LogP contribution is 2.22. The maximum Gasteiger partial charge on any atom is 0.251 e. The van der Waals surface area contributed by atoms with Gasteiger partial charge in [0.05, 0.1) is 12.8 Å². The van der Waals surface area contributed by atoms with Gasteiger partial charge in [0, 0.05) is 24.2 Å². The number of carbonyl (C=O) groups is 2. The summed E-state index contributed by atoms with van der Waals surface area (Å²) in [5.74, 6) is 0.182. The van der Waals surface area contributed by atoms with Crippen LogP contribution in [0.15, 0.2) is 47.1 Å². The number of carbonyl (C=O) groups excluding carboxylic acids is 2. The second-order valence-electron chi connectivity index (χ2n) is 5.44. The Labute approximate surface area is 133 Å². The van der Waals surface area contributed by atoms with E-state index < -0.39 is 6.10 Å². The Morgan fingerprint density at radius 1 is 1.35 bits per heavy atom. The molecule has 2 N–H and O–H groups in total. The summed E-state index contributed by atoms with van der Waals surface area (Å²) in [6.45, 7) is 0.736. The summed E-state index contributed by atoms with van der Waals surface area (Å²) >= 11 is 0. The van der Waals surface area contributed by atoms with Crippen LogP contribution in [0.2, 0.25) is 0 Å². The van der Waals surface area contributed by atoms with Gasteiger partial charge in [-0.2, -0.15) is 0 Å². The molecule has 0 aliphatic carbocycles. The van der Waals surface area contributed by atoms with Crippen molar-refractivity contribution in [1.82, 2.24) is 5.32 Å². The zero-order valence-electron chi connectivity index (χ0n) is 12.6. The lowest BCUT2D eigenvalue weighted by molar-refractivity contribution is -0.117. The van der Waals surface area contributed by atoms with Crippen LogP contribution in [0.1, 0.15) is 35.1 Å². The minimum Gasteiger partial charge on any atom is -0.467 e. The van der Waals surface area contributed by atoms with Crippen LogP contribution in [0.3, 0.4) is 0 Å². The van der Waals surface area contributed by atoms with Gasteiger partial charge in [-0.05, 0) is 36.8 Å². The molecule has 2 heterocycles. The second-order valence-corrected chi connectivity index (χ2v) is 5.44. The molecule has 1 aromatic carbocycles. The molecule has 2 amide bonds. The highest BCUT2D eigenvalue weighted by molar-refractivity contribution is 5.99. The maximum absolute atomic E-state index is 12.2. The summed E-state index contributed by atoms with van der Waals surface area (Å²) in [5.41, 5.74) is 1.18. The van der Waals surface area contributed by atoms with Crippen LogP contribution in [0.5, 0.6) is 0 Å². The molecule has 0 saturated carbocycles. The van der Waals surface area contributed by atoms with Gasteiger partial charge in [-0.1, -0.05) is 6.07 Å². The van der Waals surface area contributed by atoms with Gasteiger partial charge in [0.25, 0.3) is 5.91 Å². The lowest BCUT2D eigenvalue weighted by Crippen LogP contribution is -2.29. The van der Waals surface area contributed by atoms with Crippen LogP contribution in [-0.2, 0) is 4.79 Å². The van der Waals surface area contributed by atoms with E-state index in [1.807, 2.05) is 6.07 Å². The molecule has 6 nitrogen and oxygen atoms in total. The predicted octanol–water partition coefficient (Wildman–Crippen LogP) is 1.87. The highest BCUT2D eigenvalue weighted by Gasteiger charge is 2.22. The Kier molecular flexibility index (Phi) is 4.43. The molecule has 1 atom stereocenters. The van der Waals surface area contributed by atoms with E-state index >= 15 is 0 Å². The number of hydrogen-bond donors (Lipinski definition) is 2. The largest absolute Gasteiger partial charge is 0.467 e. The number of hydrogen-bond acceptors (Lipinski definition) is 4. The van der Waals surface area contributed by atoms with Crippen molar-refractivity contribution >= 4 is 17.5 Å². The van der Waals surface area contributed by atoms with Crippen LogP contribution in [-0.4, -0.2) is 30.0 Å². The van der Waals surface area contributed by atoms with Gasteiger partial charge in [0.1, 0.15) is 11.9 Å². The van der Waals surface area contributed by atoms with E-state index in [2.05, 4.69) is 5.32 Å². The quantitative estimate of drug-likeness (QED) is 0.882. The number of rotatable bonds is 5. The van der Waals surface area contributed by atoms with E-state index in [1.54, 1.807) is 35.2 Å². The van der Waals surface area contributed by atoms with Gasteiger partial charge in [-0.25, -0.2) is 0 Å². The Balaban J connectivity index is 1.64. The van der Waals surface area contributed by atoms with E-state index in [-0.39, 0.29) is 18.4 Å². The summed E-state index contributed by atoms with van der Waals surface area (Å²) < 4.78 is 5.09. The molecule has 1 aliphatic heterocycles. The molecule has 0 bridgehead atoms. The molecule has 1 unspecified atom stereocenters. The fraction of sp³-hybridized carbons (Fsp3) is 0.294. The molecule has 1 fully saturated rings. The molecule has 1 aromatic heterocycles. The molecule has 1 aliphatic rings. The Morgan fingerprint density at radius 3 is 2.91 bits per heavy atom. The van der Waals surface area contributed by atoms with Crippen molar-refractivity contribution in [2.24, 2.45) is 0 Å². The number of furan rings is 1. The number of amides is 2. The summed E-state index contributed by atoms with van der Waals surface area (Å²) in [5, 5.41) is 12.6. The Morgan fingerprint density at radius 2 is 2.22 bits per heavy atom. The van der Waals surface area contributed by atoms with Crippen molar-refractivity contribution in [1.29, 1.82) is 0 Å². The van der Waals surface area contributed by atoms with E-state index in [0.717, 1.165) is 12.1 Å². The fourth-order valence-electron chi connectivity index (χ4n) is 2.61. The van der Waals surface area contributed by atoms with E-state index in [1.165, 1.54) is 6.26 Å². The maximum atomic E-state index is 12.2. The Bertz CT molecular complexity index is 696. The number of aliphatic hydroxyl groups is 1. The third-order valence-electron chi connectivity index (χ3n) is 3.82. The van der Waals surface area contributed by atoms with Gasteiger partial charge in [0.15, 0.2) is 0 Å². The lowest BCUT2D eigenvalue weighted by atomic mass is 10.1. The minimum absolute atomic E-state index is 0.0548. The normalized spacial score (nSPS) is 15.7. The summed E-state index contributed by atoms with van der Waals surface area (Å²) in [4.78, 5) is 25.7. The first-order valence-corrected chi connectivity index (χ1v) is 7.55. The lowest BCUT2D eigenvalue weighted by Gasteiger charge is -2.16. The summed E-state index contributed by atoms with van der Waals surface area (Å²) in [7, 11) is 0. The molecule has 0 spiro atoms. The van der Waals surface area contributed by atoms with Crippen molar-refractivity contribution in [3.8, 4) is 0 Å².